The molecule has 314 valence electrons. The van der Waals surface area contributed by atoms with Crippen LogP contribution in [0.25, 0.3) is 44.2 Å². The van der Waals surface area contributed by atoms with Crippen molar-refractivity contribution in [2.75, 3.05) is 4.90 Å². The Hall–Kier alpha value is -8.52. The minimum absolute atomic E-state index is 0.102. The Bertz CT molecular complexity index is 3580. The monoisotopic (exact) mass is 855 g/mol. The van der Waals surface area contributed by atoms with Gasteiger partial charge in [-0.25, -0.2) is 0 Å². The van der Waals surface area contributed by atoms with Gasteiger partial charge in [0.15, 0.2) is 0 Å². The van der Waals surface area contributed by atoms with E-state index >= 15 is 0 Å². The molecule has 67 heavy (non-hydrogen) atoms. The van der Waals surface area contributed by atoms with E-state index in [1.54, 1.807) is 0 Å². The Morgan fingerprint density at radius 3 is 1.13 bits per heavy atom. The van der Waals surface area contributed by atoms with Crippen molar-refractivity contribution in [1.29, 1.82) is 0 Å². The topological polar surface area (TPSA) is 3.24 Å². The van der Waals surface area contributed by atoms with Gasteiger partial charge in [0.1, 0.15) is 0 Å². The molecule has 13 rings (SSSR count). The van der Waals surface area contributed by atoms with Crippen LogP contribution in [0.5, 0.6) is 0 Å². The zero-order valence-corrected chi connectivity index (χ0v) is 36.6. The molecule has 0 atom stereocenters. The van der Waals surface area contributed by atoms with Crippen LogP contribution in [0.3, 0.4) is 0 Å². The zero-order chi connectivity index (χ0) is 47.8. The molecule has 0 aromatic heterocycles. The minimum Gasteiger partial charge on any atom is -0.310 e. The Morgan fingerprint density at radius 2 is 0.657 bits per heavy atom. The van der Waals surface area contributed by atoms with Crippen LogP contribution in [0.2, 0.25) is 0 Å². The molecule has 0 N–H and O–H groups in total. The van der Waals surface area contributed by atoms with E-state index in [-0.39, 0.29) is 35.4 Å². The predicted octanol–water partition coefficient (Wildman–Crippen LogP) is 16.7. The minimum atomic E-state index is -0.724. The van der Waals surface area contributed by atoms with Crippen LogP contribution >= 0.6 is 0 Å². The highest BCUT2D eigenvalue weighted by molar-refractivity contribution is 5.97. The van der Waals surface area contributed by atoms with Crippen LogP contribution in [0.15, 0.2) is 273 Å². The van der Waals surface area contributed by atoms with Crippen molar-refractivity contribution in [3.05, 3.63) is 317 Å². The largest absolute Gasteiger partial charge is 0.310 e. The van der Waals surface area contributed by atoms with E-state index < -0.39 is 10.8 Å². The standard InChI is InChI=1S/C66H45N/c1-5-22-48(23-6-1)65(49-24-7-2-8-25-49)61-34-17-15-31-57(61)59-42-40-53(44-63(59)65)67(52-38-36-47(37-39-52)56-33-19-21-46-20-13-14-30-55(46)56)54-41-43-60-58-32-16-18-35-62(58)66(64(60)45-54,50-26-9-3-10-27-50)51-28-11-4-12-29-51/h1-45H/i36D,37D,38D,39D. The lowest BCUT2D eigenvalue weighted by Crippen LogP contribution is -2.29. The molecule has 0 bridgehead atoms. The molecule has 1 nitrogen and oxygen atoms in total. The zero-order valence-electron chi connectivity index (χ0n) is 40.6. The smallest absolute Gasteiger partial charge is 0.0714 e. The molecule has 0 amide bonds. The Balaban J connectivity index is 1.13. The number of hydrogen-bond acceptors (Lipinski definition) is 1. The van der Waals surface area contributed by atoms with E-state index in [9.17, 15) is 5.48 Å². The number of benzene rings is 11. The fraction of sp³-hybridized carbons (Fsp3) is 0.0303. The van der Waals surface area contributed by atoms with Gasteiger partial charge in [0, 0.05) is 17.1 Å². The van der Waals surface area contributed by atoms with Crippen LogP contribution in [-0.2, 0) is 10.8 Å². The molecule has 11 aromatic rings. The summed E-state index contributed by atoms with van der Waals surface area (Å²) in [5.74, 6) is 0. The molecule has 0 heterocycles. The van der Waals surface area contributed by atoms with Gasteiger partial charge < -0.3 is 4.90 Å². The van der Waals surface area contributed by atoms with E-state index in [4.69, 9.17) is 0 Å². The quantitative estimate of drug-likeness (QED) is 0.147. The second-order valence-corrected chi connectivity index (χ2v) is 17.6. The maximum atomic E-state index is 10.1. The predicted molar refractivity (Wildman–Crippen MR) is 279 cm³/mol. The SMILES string of the molecule is [2H]c1c([2H])c(N(c2ccc3c(c2)C(c2ccccc2)(c2ccccc2)c2ccccc2-3)c2ccc3c(c2)C(c2ccccc2)(c2ccccc2)c2ccccc2-3)c([2H])c([2H])c1-c1cccc2ccccc12. The molecule has 1 heteroatoms. The first-order chi connectivity index (χ1) is 34.9. The van der Waals surface area contributed by atoms with Crippen LogP contribution in [0, 0.1) is 0 Å². The Labute approximate surface area is 398 Å². The average Bonchev–Trinajstić information content (AvgIpc) is 3.90. The molecule has 0 radical (unpaired) electrons. The number of rotatable bonds is 8. The van der Waals surface area contributed by atoms with Crippen LogP contribution in [-0.4, -0.2) is 0 Å². The summed E-state index contributed by atoms with van der Waals surface area (Å²) in [7, 11) is 0. The third-order valence-electron chi connectivity index (χ3n) is 14.3. The second kappa shape index (κ2) is 15.6. The molecule has 0 spiro atoms. The number of anilines is 3. The first kappa shape index (κ1) is 34.8. The second-order valence-electron chi connectivity index (χ2n) is 17.6. The van der Waals surface area contributed by atoms with Gasteiger partial charge in [0.05, 0.1) is 16.3 Å². The summed E-state index contributed by atoms with van der Waals surface area (Å²) >= 11 is 0. The Morgan fingerprint density at radius 1 is 0.284 bits per heavy atom. The maximum absolute atomic E-state index is 10.1. The molecule has 0 aliphatic heterocycles. The van der Waals surface area contributed by atoms with E-state index in [0.717, 1.165) is 66.4 Å². The Kier molecular flexibility index (Phi) is 8.10. The van der Waals surface area contributed by atoms with Gasteiger partial charge in [-0.1, -0.05) is 237 Å². The fourth-order valence-electron chi connectivity index (χ4n) is 11.5. The molecular weight excluding hydrogens is 807 g/mol. The van der Waals surface area contributed by atoms with Crippen LogP contribution in [0.1, 0.15) is 50.0 Å². The first-order valence-corrected chi connectivity index (χ1v) is 23.0. The van der Waals surface area contributed by atoms with Gasteiger partial charge in [0.25, 0.3) is 0 Å². The lowest BCUT2D eigenvalue weighted by molar-refractivity contribution is 0.767. The summed E-state index contributed by atoms with van der Waals surface area (Å²) in [5, 5.41) is 1.83. The molecule has 0 fully saturated rings. The first-order valence-electron chi connectivity index (χ1n) is 25.0. The number of fused-ring (bicyclic) bond motifs is 7. The highest BCUT2D eigenvalue weighted by atomic mass is 15.1. The van der Waals surface area contributed by atoms with Crippen molar-refractivity contribution in [2.45, 2.75) is 10.8 Å². The summed E-state index contributed by atoms with van der Waals surface area (Å²) in [6, 6.07) is 86.4. The third-order valence-corrected chi connectivity index (χ3v) is 14.3. The van der Waals surface area contributed by atoms with E-state index in [1.165, 1.54) is 11.1 Å². The summed E-state index contributed by atoms with van der Waals surface area (Å²) < 4.78 is 40.0. The van der Waals surface area contributed by atoms with Crippen LogP contribution in [0.4, 0.5) is 17.1 Å². The highest BCUT2D eigenvalue weighted by Crippen LogP contribution is 2.59. The molecule has 0 unspecified atom stereocenters. The normalized spacial score (nSPS) is 14.4. The molecular formula is C66H45N. The van der Waals surface area contributed by atoms with Crippen molar-refractivity contribution >= 4 is 27.8 Å². The van der Waals surface area contributed by atoms with Crippen molar-refractivity contribution in [3.8, 4) is 33.4 Å². The van der Waals surface area contributed by atoms with Crippen molar-refractivity contribution < 1.29 is 5.48 Å². The molecule has 11 aromatic carbocycles. The van der Waals surface area contributed by atoms with Gasteiger partial charge in [-0.2, -0.15) is 0 Å². The third kappa shape index (κ3) is 5.81. The van der Waals surface area contributed by atoms with Gasteiger partial charge in [-0.15, -0.1) is 0 Å². The van der Waals surface area contributed by atoms with E-state index in [2.05, 4.69) is 206 Å². The summed E-state index contributed by atoms with van der Waals surface area (Å²) in [4.78, 5) is 1.99. The molecule has 0 saturated carbocycles. The molecule has 2 aliphatic rings. The molecule has 2 aliphatic carbocycles. The van der Waals surface area contributed by atoms with Gasteiger partial charge >= 0.3 is 0 Å². The lowest BCUT2D eigenvalue weighted by Gasteiger charge is -2.36. The van der Waals surface area contributed by atoms with Gasteiger partial charge in [0.2, 0.25) is 0 Å². The summed E-state index contributed by atoms with van der Waals surface area (Å²) in [6.45, 7) is 0. The summed E-state index contributed by atoms with van der Waals surface area (Å²) in [5.41, 5.74) is 14.5. The van der Waals surface area contributed by atoms with E-state index in [0.29, 0.717) is 16.9 Å². The van der Waals surface area contributed by atoms with Crippen molar-refractivity contribution in [3.63, 3.8) is 0 Å². The van der Waals surface area contributed by atoms with Crippen molar-refractivity contribution in [2.24, 2.45) is 0 Å². The fourth-order valence-corrected chi connectivity index (χ4v) is 11.5. The van der Waals surface area contributed by atoms with Crippen LogP contribution < -0.4 is 4.90 Å². The number of hydrogen-bond donors (Lipinski definition) is 0. The number of nitrogens with zero attached hydrogens (tertiary/aromatic N) is 1. The summed E-state index contributed by atoms with van der Waals surface area (Å²) in [6.07, 6.45) is 0. The van der Waals surface area contributed by atoms with Gasteiger partial charge in [-0.3, -0.25) is 0 Å². The van der Waals surface area contributed by atoms with Gasteiger partial charge in [-0.05, 0) is 125 Å². The maximum Gasteiger partial charge on any atom is 0.0714 e. The van der Waals surface area contributed by atoms with Crippen molar-refractivity contribution in [1.82, 2.24) is 0 Å². The lowest BCUT2D eigenvalue weighted by atomic mass is 9.67. The van der Waals surface area contributed by atoms with E-state index in [1.807, 2.05) is 47.4 Å². The highest BCUT2D eigenvalue weighted by Gasteiger charge is 2.48. The molecule has 0 saturated heterocycles. The average molecular weight is 856 g/mol.